The molecule has 0 bridgehead atoms. The monoisotopic (exact) mass is 310 g/mol. The predicted octanol–water partition coefficient (Wildman–Crippen LogP) is 3.37. The Kier molecular flexibility index (Phi) is 3.67. The van der Waals surface area contributed by atoms with E-state index in [1.54, 1.807) is 0 Å². The molecule has 3 aromatic rings. The van der Waals surface area contributed by atoms with Gasteiger partial charge in [0.1, 0.15) is 11.5 Å². The highest BCUT2D eigenvalue weighted by molar-refractivity contribution is 5.53. The Balaban J connectivity index is 1.50. The minimum absolute atomic E-state index is 0.263. The minimum Gasteiger partial charge on any atom is -0.361 e. The van der Waals surface area contributed by atoms with Crippen LogP contribution in [0.2, 0.25) is 0 Å². The van der Waals surface area contributed by atoms with Gasteiger partial charge in [-0.15, -0.1) is 0 Å². The maximum Gasteiger partial charge on any atom is 0.241 e. The van der Waals surface area contributed by atoms with Crippen LogP contribution < -0.4 is 0 Å². The number of rotatable bonds is 4. The Morgan fingerprint density at radius 1 is 1.17 bits per heavy atom. The van der Waals surface area contributed by atoms with Crippen molar-refractivity contribution in [3.8, 4) is 11.4 Å². The molecule has 0 spiro atoms. The summed E-state index contributed by atoms with van der Waals surface area (Å²) in [6.45, 7) is 3.55. The molecule has 1 aliphatic heterocycles. The smallest absolute Gasteiger partial charge is 0.241 e. The molecule has 6 heteroatoms. The van der Waals surface area contributed by atoms with Crippen LogP contribution in [0, 0.1) is 6.92 Å². The van der Waals surface area contributed by atoms with E-state index in [0.717, 1.165) is 36.4 Å². The predicted molar refractivity (Wildman–Crippen MR) is 83.4 cm³/mol. The normalized spacial score (nSPS) is 18.6. The van der Waals surface area contributed by atoms with Gasteiger partial charge in [0.15, 0.2) is 0 Å². The van der Waals surface area contributed by atoms with E-state index in [4.69, 9.17) is 9.05 Å². The summed E-state index contributed by atoms with van der Waals surface area (Å²) in [5.74, 6) is 2.11. The lowest BCUT2D eigenvalue weighted by Crippen LogP contribution is -2.23. The van der Waals surface area contributed by atoms with E-state index in [9.17, 15) is 0 Å². The number of aryl methyl sites for hydroxylation is 1. The van der Waals surface area contributed by atoms with Crippen LogP contribution in [-0.4, -0.2) is 26.7 Å². The second-order valence-corrected chi connectivity index (χ2v) is 5.87. The first-order chi connectivity index (χ1) is 11.3. The van der Waals surface area contributed by atoms with Crippen molar-refractivity contribution in [1.29, 1.82) is 0 Å². The number of aromatic nitrogens is 3. The van der Waals surface area contributed by atoms with Gasteiger partial charge in [-0.3, -0.25) is 4.90 Å². The van der Waals surface area contributed by atoms with Gasteiger partial charge in [-0.05, 0) is 26.3 Å². The summed E-state index contributed by atoms with van der Waals surface area (Å²) in [6, 6.07) is 12.1. The lowest BCUT2D eigenvalue weighted by atomic mass is 10.1. The van der Waals surface area contributed by atoms with Crippen LogP contribution >= 0.6 is 0 Å². The lowest BCUT2D eigenvalue weighted by molar-refractivity contribution is 0.205. The van der Waals surface area contributed by atoms with Gasteiger partial charge in [-0.2, -0.15) is 4.98 Å². The fraction of sp³-hybridized carbons (Fsp3) is 0.353. The van der Waals surface area contributed by atoms with Crippen LogP contribution in [0.3, 0.4) is 0 Å². The van der Waals surface area contributed by atoms with Crippen molar-refractivity contribution in [1.82, 2.24) is 20.2 Å². The summed E-state index contributed by atoms with van der Waals surface area (Å²) in [7, 11) is 0. The first-order valence-corrected chi connectivity index (χ1v) is 7.85. The van der Waals surface area contributed by atoms with Gasteiger partial charge < -0.3 is 9.05 Å². The topological polar surface area (TPSA) is 68.2 Å². The molecule has 1 aromatic carbocycles. The second kappa shape index (κ2) is 5.96. The largest absolute Gasteiger partial charge is 0.361 e. The van der Waals surface area contributed by atoms with Gasteiger partial charge in [0, 0.05) is 11.6 Å². The van der Waals surface area contributed by atoms with Crippen molar-refractivity contribution in [3.63, 3.8) is 0 Å². The van der Waals surface area contributed by atoms with Crippen LogP contribution in [0.15, 0.2) is 45.4 Å². The minimum atomic E-state index is 0.263. The zero-order valence-electron chi connectivity index (χ0n) is 13.0. The van der Waals surface area contributed by atoms with Crippen LogP contribution in [0.5, 0.6) is 0 Å². The molecule has 6 nitrogen and oxygen atoms in total. The fourth-order valence-corrected chi connectivity index (χ4v) is 3.09. The Morgan fingerprint density at radius 3 is 2.83 bits per heavy atom. The third-order valence-electron chi connectivity index (χ3n) is 4.19. The number of likely N-dealkylation sites (tertiary alicyclic amines) is 1. The maximum absolute atomic E-state index is 5.42. The molecule has 1 atom stereocenters. The fourth-order valence-electron chi connectivity index (χ4n) is 3.09. The van der Waals surface area contributed by atoms with E-state index >= 15 is 0 Å². The second-order valence-electron chi connectivity index (χ2n) is 5.87. The Bertz CT molecular complexity index is 781. The Hall–Kier alpha value is -2.47. The quantitative estimate of drug-likeness (QED) is 0.736. The molecule has 118 valence electrons. The van der Waals surface area contributed by atoms with Gasteiger partial charge in [0.2, 0.25) is 11.7 Å². The average molecular weight is 310 g/mol. The van der Waals surface area contributed by atoms with E-state index in [2.05, 4.69) is 20.2 Å². The standard InChI is InChI=1S/C17H18N4O2/c1-12-10-14(19-22-12)15-8-5-9-21(15)11-16-18-17(20-23-16)13-6-3-2-4-7-13/h2-4,6-7,10,15H,5,8-9,11H2,1H3/t15-/m0/s1. The molecule has 0 saturated carbocycles. The summed E-state index contributed by atoms with van der Waals surface area (Å²) >= 11 is 0. The van der Waals surface area contributed by atoms with Crippen molar-refractivity contribution in [2.75, 3.05) is 6.54 Å². The van der Waals surface area contributed by atoms with Crippen molar-refractivity contribution < 1.29 is 9.05 Å². The lowest BCUT2D eigenvalue weighted by Gasteiger charge is -2.20. The third-order valence-corrected chi connectivity index (χ3v) is 4.19. The van der Waals surface area contributed by atoms with Gasteiger partial charge >= 0.3 is 0 Å². The van der Waals surface area contributed by atoms with Gasteiger partial charge in [0.25, 0.3) is 0 Å². The van der Waals surface area contributed by atoms with Crippen molar-refractivity contribution in [2.45, 2.75) is 32.4 Å². The highest BCUT2D eigenvalue weighted by Crippen LogP contribution is 2.32. The van der Waals surface area contributed by atoms with Crippen molar-refractivity contribution in [2.24, 2.45) is 0 Å². The molecule has 0 unspecified atom stereocenters. The van der Waals surface area contributed by atoms with E-state index in [0.29, 0.717) is 18.3 Å². The Morgan fingerprint density at radius 2 is 2.04 bits per heavy atom. The molecule has 2 aromatic heterocycles. The molecule has 0 amide bonds. The molecular weight excluding hydrogens is 292 g/mol. The summed E-state index contributed by atoms with van der Waals surface area (Å²) in [6.07, 6.45) is 2.21. The number of nitrogens with zero attached hydrogens (tertiary/aromatic N) is 4. The molecule has 0 aliphatic carbocycles. The summed E-state index contributed by atoms with van der Waals surface area (Å²) in [5.41, 5.74) is 1.95. The van der Waals surface area contributed by atoms with E-state index < -0.39 is 0 Å². The number of hydrogen-bond acceptors (Lipinski definition) is 6. The van der Waals surface area contributed by atoms with Crippen LogP contribution in [0.1, 0.15) is 36.2 Å². The van der Waals surface area contributed by atoms with Crippen molar-refractivity contribution >= 4 is 0 Å². The molecule has 0 radical (unpaired) electrons. The van der Waals surface area contributed by atoms with Gasteiger partial charge in [-0.1, -0.05) is 40.6 Å². The molecule has 0 N–H and O–H groups in total. The highest BCUT2D eigenvalue weighted by Gasteiger charge is 2.29. The zero-order chi connectivity index (χ0) is 15.6. The first-order valence-electron chi connectivity index (χ1n) is 7.85. The summed E-state index contributed by atoms with van der Waals surface area (Å²) in [5, 5.41) is 8.24. The molecule has 1 saturated heterocycles. The number of benzene rings is 1. The zero-order valence-corrected chi connectivity index (χ0v) is 13.0. The molecule has 1 fully saturated rings. The molecule has 1 aliphatic rings. The highest BCUT2D eigenvalue weighted by atomic mass is 16.5. The van der Waals surface area contributed by atoms with Crippen LogP contribution in [-0.2, 0) is 6.54 Å². The van der Waals surface area contributed by atoms with Crippen LogP contribution in [0.25, 0.3) is 11.4 Å². The number of hydrogen-bond donors (Lipinski definition) is 0. The van der Waals surface area contributed by atoms with E-state index in [-0.39, 0.29) is 6.04 Å². The average Bonchev–Trinajstić information content (AvgIpc) is 3.29. The maximum atomic E-state index is 5.42. The van der Waals surface area contributed by atoms with Crippen molar-refractivity contribution in [3.05, 3.63) is 53.7 Å². The summed E-state index contributed by atoms with van der Waals surface area (Å²) in [4.78, 5) is 6.83. The van der Waals surface area contributed by atoms with Gasteiger partial charge in [0.05, 0.1) is 12.6 Å². The molecule has 23 heavy (non-hydrogen) atoms. The van der Waals surface area contributed by atoms with E-state index in [1.165, 1.54) is 0 Å². The van der Waals surface area contributed by atoms with Crippen LogP contribution in [0.4, 0.5) is 0 Å². The molecule has 3 heterocycles. The van der Waals surface area contributed by atoms with E-state index in [1.807, 2.05) is 43.3 Å². The third kappa shape index (κ3) is 2.90. The Labute approximate surface area is 134 Å². The summed E-state index contributed by atoms with van der Waals surface area (Å²) < 4.78 is 10.6. The molecule has 4 rings (SSSR count). The first kappa shape index (κ1) is 14.1. The van der Waals surface area contributed by atoms with Gasteiger partial charge in [-0.25, -0.2) is 0 Å². The SMILES string of the molecule is Cc1cc([C@@H]2CCCN2Cc2nc(-c3ccccc3)no2)no1. The molecular formula is C17H18N4O2.